The lowest BCUT2D eigenvalue weighted by molar-refractivity contribution is 0.483. The van der Waals surface area contributed by atoms with Crippen LogP contribution in [0, 0.1) is 0 Å². The van der Waals surface area contributed by atoms with E-state index in [1.54, 1.807) is 0 Å². The van der Waals surface area contributed by atoms with Gasteiger partial charge in [0.1, 0.15) is 0 Å². The van der Waals surface area contributed by atoms with Gasteiger partial charge in [-0.3, -0.25) is 9.67 Å². The zero-order valence-corrected chi connectivity index (χ0v) is 16.9. The van der Waals surface area contributed by atoms with Gasteiger partial charge >= 0.3 is 0 Å². The molecule has 4 rings (SSSR count). The van der Waals surface area contributed by atoms with Crippen LogP contribution in [0.15, 0.2) is 41.7 Å². The molecule has 1 aliphatic carbocycles. The molecule has 1 aromatic heterocycles. The Hall–Kier alpha value is -2.01. The number of nitrogens with zero attached hydrogens (tertiary/aromatic N) is 4. The first-order valence-corrected chi connectivity index (χ1v) is 10.3. The molecule has 1 atom stereocenters. The molecule has 1 saturated heterocycles. The van der Waals surface area contributed by atoms with Crippen LogP contribution in [0.4, 0.5) is 0 Å². The minimum Gasteiger partial charge on any atom is -0.357 e. The zero-order valence-electron chi connectivity index (χ0n) is 16.2. The van der Waals surface area contributed by atoms with Gasteiger partial charge in [0, 0.05) is 49.2 Å². The molecule has 2 aromatic rings. The van der Waals surface area contributed by atoms with E-state index < -0.39 is 0 Å². The second kappa shape index (κ2) is 7.55. The molecular formula is C21H28ClN5. The third-order valence-corrected chi connectivity index (χ3v) is 6.11. The maximum atomic E-state index is 6.05. The molecule has 6 heteroatoms. The summed E-state index contributed by atoms with van der Waals surface area (Å²) < 4.78 is 1.89. The van der Waals surface area contributed by atoms with E-state index in [-0.39, 0.29) is 5.41 Å². The number of rotatable bonds is 5. The first-order chi connectivity index (χ1) is 13.1. The van der Waals surface area contributed by atoms with Gasteiger partial charge in [-0.15, -0.1) is 0 Å². The van der Waals surface area contributed by atoms with Crippen LogP contribution in [0.2, 0.25) is 5.02 Å². The fraction of sp³-hybridized carbons (Fsp3) is 0.524. The van der Waals surface area contributed by atoms with Gasteiger partial charge in [-0.25, -0.2) is 0 Å². The molecule has 5 nitrogen and oxygen atoms in total. The lowest BCUT2D eigenvalue weighted by atomic mass is 9.96. The van der Waals surface area contributed by atoms with Crippen molar-refractivity contribution >= 4 is 17.6 Å². The van der Waals surface area contributed by atoms with E-state index in [9.17, 15) is 0 Å². The first kappa shape index (κ1) is 18.4. The Labute approximate surface area is 166 Å². The number of aryl methyl sites for hydroxylation is 1. The summed E-state index contributed by atoms with van der Waals surface area (Å²) in [4.78, 5) is 7.44. The lowest BCUT2D eigenvalue weighted by Crippen LogP contribution is -2.40. The molecule has 27 heavy (non-hydrogen) atoms. The zero-order chi connectivity index (χ0) is 18.9. The van der Waals surface area contributed by atoms with Crippen LogP contribution in [-0.2, 0) is 12.5 Å². The third-order valence-electron chi connectivity index (χ3n) is 5.86. The van der Waals surface area contributed by atoms with Crippen molar-refractivity contribution in [2.45, 2.75) is 37.5 Å². The summed E-state index contributed by atoms with van der Waals surface area (Å²) in [7, 11) is 1.98. The Morgan fingerprint density at radius 3 is 2.74 bits per heavy atom. The highest BCUT2D eigenvalue weighted by molar-refractivity contribution is 6.30. The van der Waals surface area contributed by atoms with Crippen molar-refractivity contribution in [3.05, 3.63) is 52.8 Å². The van der Waals surface area contributed by atoms with Crippen LogP contribution in [0.3, 0.4) is 0 Å². The molecule has 144 valence electrons. The van der Waals surface area contributed by atoms with Crippen molar-refractivity contribution in [3.63, 3.8) is 0 Å². The monoisotopic (exact) mass is 385 g/mol. The molecule has 1 aliphatic heterocycles. The number of benzene rings is 1. The Balaban J connectivity index is 1.45. The molecule has 0 bridgehead atoms. The van der Waals surface area contributed by atoms with Gasteiger partial charge in [0.05, 0.1) is 12.7 Å². The molecule has 1 saturated carbocycles. The lowest BCUT2D eigenvalue weighted by Gasteiger charge is -2.23. The highest BCUT2D eigenvalue weighted by Gasteiger charge is 2.44. The Morgan fingerprint density at radius 2 is 2.11 bits per heavy atom. The van der Waals surface area contributed by atoms with Gasteiger partial charge in [-0.2, -0.15) is 5.10 Å². The highest BCUT2D eigenvalue weighted by atomic mass is 35.5. The number of likely N-dealkylation sites (tertiary alicyclic amines) is 1. The van der Waals surface area contributed by atoms with Crippen LogP contribution in [0.1, 0.15) is 43.2 Å². The predicted molar refractivity (Wildman–Crippen MR) is 110 cm³/mol. The van der Waals surface area contributed by atoms with Gasteiger partial charge < -0.3 is 10.2 Å². The van der Waals surface area contributed by atoms with E-state index in [4.69, 9.17) is 16.6 Å². The summed E-state index contributed by atoms with van der Waals surface area (Å²) in [6.07, 6.45) is 7.69. The van der Waals surface area contributed by atoms with Crippen LogP contribution >= 0.6 is 11.6 Å². The number of guanidine groups is 1. The average molecular weight is 386 g/mol. The predicted octanol–water partition coefficient (Wildman–Crippen LogP) is 3.56. The van der Waals surface area contributed by atoms with Gasteiger partial charge in [-0.05, 0) is 49.4 Å². The number of hydrogen-bond acceptors (Lipinski definition) is 2. The van der Waals surface area contributed by atoms with Crippen molar-refractivity contribution in [2.75, 3.05) is 26.2 Å². The molecular weight excluding hydrogens is 358 g/mol. The third kappa shape index (κ3) is 3.98. The molecule has 0 spiro atoms. The highest BCUT2D eigenvalue weighted by Crippen LogP contribution is 2.48. The molecule has 1 N–H and O–H groups in total. The second-order valence-corrected chi connectivity index (χ2v) is 8.27. The molecule has 1 unspecified atom stereocenters. The van der Waals surface area contributed by atoms with E-state index in [1.165, 1.54) is 24.0 Å². The minimum absolute atomic E-state index is 0.202. The summed E-state index contributed by atoms with van der Waals surface area (Å²) in [6, 6.07) is 8.30. The van der Waals surface area contributed by atoms with Gasteiger partial charge in [-0.1, -0.05) is 23.7 Å². The van der Waals surface area contributed by atoms with E-state index in [0.29, 0.717) is 5.92 Å². The second-order valence-electron chi connectivity index (χ2n) is 7.84. The summed E-state index contributed by atoms with van der Waals surface area (Å²) in [6.45, 7) is 5.91. The van der Waals surface area contributed by atoms with Gasteiger partial charge in [0.2, 0.25) is 0 Å². The number of aromatic nitrogens is 2. The van der Waals surface area contributed by atoms with Crippen LogP contribution in [0.5, 0.6) is 0 Å². The van der Waals surface area contributed by atoms with Crippen molar-refractivity contribution in [1.82, 2.24) is 20.0 Å². The summed E-state index contributed by atoms with van der Waals surface area (Å²) >= 11 is 6.05. The van der Waals surface area contributed by atoms with E-state index in [1.807, 2.05) is 30.1 Å². The Morgan fingerprint density at radius 1 is 1.33 bits per heavy atom. The molecule has 0 amide bonds. The summed E-state index contributed by atoms with van der Waals surface area (Å²) in [5, 5.41) is 8.62. The summed E-state index contributed by atoms with van der Waals surface area (Å²) in [5.74, 6) is 1.58. The quantitative estimate of drug-likeness (QED) is 0.632. The fourth-order valence-corrected chi connectivity index (χ4v) is 4.15. The number of hydrogen-bond donors (Lipinski definition) is 1. The van der Waals surface area contributed by atoms with Crippen LogP contribution in [0.25, 0.3) is 0 Å². The first-order valence-electron chi connectivity index (χ1n) is 9.87. The SMILES string of the molecule is CCNC(=NCC1(c2ccc(Cl)cc2)CC1)N1CCC(c2cnn(C)c2)C1. The Bertz CT molecular complexity index is 806. The van der Waals surface area contributed by atoms with Gasteiger partial charge in [0.15, 0.2) is 5.96 Å². The summed E-state index contributed by atoms with van der Waals surface area (Å²) in [5.41, 5.74) is 2.89. The number of nitrogens with one attached hydrogen (secondary N) is 1. The molecule has 0 radical (unpaired) electrons. The van der Waals surface area contributed by atoms with Crippen molar-refractivity contribution < 1.29 is 0 Å². The van der Waals surface area contributed by atoms with E-state index in [0.717, 1.165) is 43.6 Å². The minimum atomic E-state index is 0.202. The van der Waals surface area contributed by atoms with Crippen LogP contribution in [-0.4, -0.2) is 46.8 Å². The number of aliphatic imine (C=N–C) groups is 1. The van der Waals surface area contributed by atoms with Crippen molar-refractivity contribution in [1.29, 1.82) is 0 Å². The molecule has 2 aliphatic rings. The maximum absolute atomic E-state index is 6.05. The van der Waals surface area contributed by atoms with Gasteiger partial charge in [0.25, 0.3) is 0 Å². The Kier molecular flexibility index (Phi) is 5.13. The fourth-order valence-electron chi connectivity index (χ4n) is 4.02. The smallest absolute Gasteiger partial charge is 0.193 e. The van der Waals surface area contributed by atoms with E-state index >= 15 is 0 Å². The van der Waals surface area contributed by atoms with Crippen molar-refractivity contribution in [3.8, 4) is 0 Å². The molecule has 2 heterocycles. The van der Waals surface area contributed by atoms with Crippen molar-refractivity contribution in [2.24, 2.45) is 12.0 Å². The number of halogens is 1. The normalized spacial score (nSPS) is 21.5. The van der Waals surface area contributed by atoms with E-state index in [2.05, 4.69) is 40.6 Å². The largest absolute Gasteiger partial charge is 0.357 e. The molecule has 2 fully saturated rings. The molecule has 1 aromatic carbocycles. The average Bonchev–Trinajstić information content (AvgIpc) is 3.08. The standard InChI is InChI=1S/C21H28ClN5/c1-3-23-20(27-11-8-16(14-27)17-12-25-26(2)13-17)24-15-21(9-10-21)18-4-6-19(22)7-5-18/h4-7,12-13,16H,3,8-11,14-15H2,1-2H3,(H,23,24). The maximum Gasteiger partial charge on any atom is 0.193 e. The van der Waals surface area contributed by atoms with Crippen LogP contribution < -0.4 is 5.32 Å². The topological polar surface area (TPSA) is 45.5 Å².